The fourth-order valence-electron chi connectivity index (χ4n) is 0.0546. The highest BCUT2D eigenvalue weighted by Crippen LogP contribution is 2.05. The second-order valence-electron chi connectivity index (χ2n) is 1.03. The van der Waals surface area contributed by atoms with Gasteiger partial charge in [-0.3, -0.25) is 0 Å². The Labute approximate surface area is 39.7 Å². The number of hydrogen-bond donors (Lipinski definition) is 1. The van der Waals surface area contributed by atoms with Crippen LogP contribution in [-0.4, -0.2) is 24.9 Å². The van der Waals surface area contributed by atoms with Gasteiger partial charge in [-0.15, -0.1) is 0 Å². The average molecular weight is 112 g/mol. The van der Waals surface area contributed by atoms with Crippen LogP contribution in [0.4, 0.5) is 8.78 Å². The molecule has 7 heavy (non-hydrogen) atoms. The molecule has 44 valence electrons. The van der Waals surface area contributed by atoms with Crippen molar-refractivity contribution in [2.75, 3.05) is 13.8 Å². The lowest BCUT2D eigenvalue weighted by atomic mass is 10.7. The molecule has 0 heterocycles. The van der Waals surface area contributed by atoms with Crippen molar-refractivity contribution in [3.05, 3.63) is 0 Å². The molecule has 0 aromatic carbocycles. The highest BCUT2D eigenvalue weighted by atomic mass is 19.2. The molecule has 1 N–H and O–H groups in total. The lowest BCUT2D eigenvalue weighted by Gasteiger charge is -2.09. The highest BCUT2D eigenvalue weighted by molar-refractivity contribution is 4.42. The van der Waals surface area contributed by atoms with Gasteiger partial charge in [0.05, 0.1) is 0 Å². The summed E-state index contributed by atoms with van der Waals surface area (Å²) in [6.45, 7) is -1.54. The van der Waals surface area contributed by atoms with Crippen LogP contribution in [0.3, 0.4) is 0 Å². The maximum atomic E-state index is 11.5. The second-order valence-corrected chi connectivity index (χ2v) is 1.03. The molecule has 0 spiro atoms. The molecule has 0 fully saturated rings. The van der Waals surface area contributed by atoms with E-state index in [-0.39, 0.29) is 0 Å². The quantitative estimate of drug-likeness (QED) is 0.518. The highest BCUT2D eigenvalue weighted by Gasteiger charge is 2.23. The molecular weight excluding hydrogens is 106 g/mol. The van der Waals surface area contributed by atoms with Gasteiger partial charge in [-0.1, -0.05) is 0 Å². The molecule has 0 aromatic heterocycles. The summed E-state index contributed by atoms with van der Waals surface area (Å²) in [5.41, 5.74) is 0. The first kappa shape index (κ1) is 6.78. The zero-order valence-electron chi connectivity index (χ0n) is 3.82. The standard InChI is InChI=1S/C3H6F2O2/c1-7-3(5,6)2-4/h6H,2H2,1H3. The number of ether oxygens (including phenoxy) is 1. The first-order valence-electron chi connectivity index (χ1n) is 1.65. The Balaban J connectivity index is 3.36. The van der Waals surface area contributed by atoms with Crippen LogP contribution in [0.25, 0.3) is 0 Å². The molecule has 0 aromatic rings. The minimum atomic E-state index is -3.08. The lowest BCUT2D eigenvalue weighted by Crippen LogP contribution is -2.26. The molecule has 1 atom stereocenters. The molecule has 0 aliphatic heterocycles. The molecule has 0 radical (unpaired) electrons. The fourth-order valence-corrected chi connectivity index (χ4v) is 0.0546. The molecule has 1 unspecified atom stereocenters. The van der Waals surface area contributed by atoms with Crippen LogP contribution in [0.15, 0.2) is 0 Å². The van der Waals surface area contributed by atoms with E-state index < -0.39 is 12.7 Å². The van der Waals surface area contributed by atoms with Crippen molar-refractivity contribution in [1.29, 1.82) is 0 Å². The maximum Gasteiger partial charge on any atom is 0.346 e. The summed E-state index contributed by atoms with van der Waals surface area (Å²) in [7, 11) is 0.875. The molecule has 2 nitrogen and oxygen atoms in total. The van der Waals surface area contributed by atoms with E-state index in [4.69, 9.17) is 5.11 Å². The minimum Gasteiger partial charge on any atom is -0.338 e. The van der Waals surface area contributed by atoms with Crippen molar-refractivity contribution < 1.29 is 18.6 Å². The van der Waals surface area contributed by atoms with Crippen LogP contribution in [0.5, 0.6) is 0 Å². The number of alkyl halides is 2. The predicted octanol–water partition coefficient (Wildman–Crippen LogP) is 0.218. The predicted molar refractivity (Wildman–Crippen MR) is 19.0 cm³/mol. The largest absolute Gasteiger partial charge is 0.346 e. The van der Waals surface area contributed by atoms with Crippen molar-refractivity contribution in [2.45, 2.75) is 6.04 Å². The number of aliphatic hydroxyl groups is 1. The molecular formula is C3H6F2O2. The monoisotopic (exact) mass is 112 g/mol. The van der Waals surface area contributed by atoms with Gasteiger partial charge in [-0.25, -0.2) is 4.39 Å². The van der Waals surface area contributed by atoms with E-state index in [1.54, 1.807) is 0 Å². The van der Waals surface area contributed by atoms with E-state index >= 15 is 0 Å². The van der Waals surface area contributed by atoms with E-state index in [1.807, 2.05) is 0 Å². The fraction of sp³-hybridized carbons (Fsp3) is 1.00. The average Bonchev–Trinajstić information content (AvgIpc) is 1.68. The van der Waals surface area contributed by atoms with Gasteiger partial charge in [0, 0.05) is 7.11 Å². The minimum absolute atomic E-state index is 0.875. The molecule has 0 saturated heterocycles. The molecule has 0 saturated carbocycles. The summed E-state index contributed by atoms with van der Waals surface area (Å²) in [5, 5.41) is 7.87. The molecule has 4 heteroatoms. The van der Waals surface area contributed by atoms with Gasteiger partial charge in [-0.2, -0.15) is 4.39 Å². The van der Waals surface area contributed by atoms with Crippen molar-refractivity contribution in [3.8, 4) is 0 Å². The summed E-state index contributed by atoms with van der Waals surface area (Å²) in [5.74, 6) is 0. The van der Waals surface area contributed by atoms with Crippen LogP contribution in [0.2, 0.25) is 0 Å². The van der Waals surface area contributed by atoms with Crippen molar-refractivity contribution in [1.82, 2.24) is 0 Å². The SMILES string of the molecule is COC(O)(F)CF. The van der Waals surface area contributed by atoms with E-state index in [0.717, 1.165) is 7.11 Å². The van der Waals surface area contributed by atoms with E-state index in [2.05, 4.69) is 4.74 Å². The summed E-state index contributed by atoms with van der Waals surface area (Å²) in [4.78, 5) is 0. The first-order chi connectivity index (χ1) is 3.12. The van der Waals surface area contributed by atoms with Crippen LogP contribution < -0.4 is 0 Å². The number of methoxy groups -OCH3 is 1. The third kappa shape index (κ3) is 2.47. The van der Waals surface area contributed by atoms with E-state index in [9.17, 15) is 8.78 Å². The van der Waals surface area contributed by atoms with Gasteiger partial charge in [0.2, 0.25) is 0 Å². The van der Waals surface area contributed by atoms with Gasteiger partial charge < -0.3 is 9.84 Å². The van der Waals surface area contributed by atoms with Gasteiger partial charge in [0.1, 0.15) is 0 Å². The zero-order chi connectivity index (χ0) is 5.91. The van der Waals surface area contributed by atoms with Gasteiger partial charge in [0.25, 0.3) is 0 Å². The zero-order valence-corrected chi connectivity index (χ0v) is 3.82. The Hall–Kier alpha value is -0.220. The Bertz CT molecular complexity index is 48.9. The molecule has 0 amide bonds. The van der Waals surface area contributed by atoms with Crippen molar-refractivity contribution in [2.24, 2.45) is 0 Å². The third-order valence-corrected chi connectivity index (χ3v) is 0.478. The maximum absolute atomic E-state index is 11.5. The van der Waals surface area contributed by atoms with Crippen LogP contribution in [-0.2, 0) is 4.74 Å². The van der Waals surface area contributed by atoms with Gasteiger partial charge in [-0.05, 0) is 0 Å². The number of rotatable bonds is 2. The first-order valence-corrected chi connectivity index (χ1v) is 1.65. The van der Waals surface area contributed by atoms with E-state index in [1.165, 1.54) is 0 Å². The molecule has 0 bridgehead atoms. The number of halogens is 2. The molecule has 0 aliphatic rings. The Morgan fingerprint density at radius 2 is 2.29 bits per heavy atom. The van der Waals surface area contributed by atoms with Crippen LogP contribution >= 0.6 is 0 Å². The van der Waals surface area contributed by atoms with Gasteiger partial charge >= 0.3 is 6.04 Å². The van der Waals surface area contributed by atoms with Crippen LogP contribution in [0, 0.1) is 0 Å². The summed E-state index contributed by atoms with van der Waals surface area (Å²) < 4.78 is 26.1. The summed E-state index contributed by atoms with van der Waals surface area (Å²) >= 11 is 0. The van der Waals surface area contributed by atoms with Crippen molar-refractivity contribution in [3.63, 3.8) is 0 Å². The normalized spacial score (nSPS) is 18.9. The topological polar surface area (TPSA) is 29.5 Å². The Morgan fingerprint density at radius 3 is 2.29 bits per heavy atom. The number of hydrogen-bond acceptors (Lipinski definition) is 2. The molecule has 0 rings (SSSR count). The Kier molecular flexibility index (Phi) is 2.11. The van der Waals surface area contributed by atoms with Gasteiger partial charge in [0.15, 0.2) is 6.67 Å². The smallest absolute Gasteiger partial charge is 0.338 e. The summed E-state index contributed by atoms with van der Waals surface area (Å²) in [6.07, 6.45) is 0. The third-order valence-electron chi connectivity index (χ3n) is 0.478. The second kappa shape index (κ2) is 2.18. The Morgan fingerprint density at radius 1 is 1.86 bits per heavy atom. The van der Waals surface area contributed by atoms with Crippen molar-refractivity contribution >= 4 is 0 Å². The van der Waals surface area contributed by atoms with E-state index in [0.29, 0.717) is 0 Å². The van der Waals surface area contributed by atoms with Crippen LogP contribution in [0.1, 0.15) is 0 Å². The molecule has 0 aliphatic carbocycles. The lowest BCUT2D eigenvalue weighted by molar-refractivity contribution is -0.282. The summed E-state index contributed by atoms with van der Waals surface area (Å²) in [6, 6.07) is -3.08.